The number of rotatable bonds is 6. The second-order valence-electron chi connectivity index (χ2n) is 12.5. The smallest absolute Gasteiger partial charge is 0.236 e. The highest BCUT2D eigenvalue weighted by Crippen LogP contribution is 2.36. The van der Waals surface area contributed by atoms with Gasteiger partial charge in [-0.3, -0.25) is 9.56 Å². The molecule has 0 bridgehead atoms. The standard InChI is InChI=1S/C42H34N6/c1-2-31-37(28-16-6-3-7-17-28)44-41(45-38(31)29-18-8-4-9-19-29)39-40-34(26-27-47(40)30-20-10-5-11-21-30)43-42(46-39)48-35-24-14-12-22-32(35)33-23-13-15-25-36(33)48/h3-8,10-18,20-27,31,38H,2,9,19H2,1H3. The van der Waals surface area contributed by atoms with Crippen LogP contribution >= 0.6 is 0 Å². The Hall–Kier alpha value is -5.88. The summed E-state index contributed by atoms with van der Waals surface area (Å²) in [5.74, 6) is 1.40. The van der Waals surface area contributed by atoms with Crippen molar-refractivity contribution in [1.82, 2.24) is 19.1 Å². The molecule has 2 unspecified atom stereocenters. The SMILES string of the molecule is CCC1C(c2ccccc2)=NC(c2nc(-n3c4ccccc4c4ccccc43)nc3ccn(-c4ccccc4)c23)=NC1C1=CC=CCC1. The summed E-state index contributed by atoms with van der Waals surface area (Å²) in [6.07, 6.45) is 11.7. The third kappa shape index (κ3) is 4.63. The van der Waals surface area contributed by atoms with Gasteiger partial charge in [-0.05, 0) is 60.7 Å². The molecule has 6 heteroatoms. The monoisotopic (exact) mass is 622 g/mol. The zero-order valence-corrected chi connectivity index (χ0v) is 26.7. The number of allylic oxidation sites excluding steroid dienone is 3. The van der Waals surface area contributed by atoms with E-state index in [4.69, 9.17) is 20.0 Å². The zero-order valence-electron chi connectivity index (χ0n) is 26.7. The number of para-hydroxylation sites is 3. The van der Waals surface area contributed by atoms with Crippen LogP contribution in [-0.2, 0) is 0 Å². The number of nitrogens with zero attached hydrogens (tertiary/aromatic N) is 6. The second-order valence-corrected chi connectivity index (χ2v) is 12.5. The zero-order chi connectivity index (χ0) is 32.0. The first-order valence-corrected chi connectivity index (χ1v) is 16.8. The summed E-state index contributed by atoms with van der Waals surface area (Å²) in [6, 6.07) is 40.0. The highest BCUT2D eigenvalue weighted by Gasteiger charge is 2.34. The normalized spacial score (nSPS) is 17.9. The molecule has 0 saturated heterocycles. The summed E-state index contributed by atoms with van der Waals surface area (Å²) in [5.41, 5.74) is 9.16. The summed E-state index contributed by atoms with van der Waals surface area (Å²) in [5, 5.41) is 2.34. The van der Waals surface area contributed by atoms with Gasteiger partial charge >= 0.3 is 0 Å². The Labute approximate surface area is 279 Å². The van der Waals surface area contributed by atoms with Crippen molar-refractivity contribution in [3.63, 3.8) is 0 Å². The molecule has 4 aromatic carbocycles. The van der Waals surface area contributed by atoms with Crippen molar-refractivity contribution in [2.45, 2.75) is 32.2 Å². The first-order valence-electron chi connectivity index (χ1n) is 16.8. The summed E-state index contributed by atoms with van der Waals surface area (Å²) in [6.45, 7) is 2.25. The molecule has 1 aliphatic heterocycles. The Morgan fingerprint density at radius 1 is 0.750 bits per heavy atom. The summed E-state index contributed by atoms with van der Waals surface area (Å²) < 4.78 is 4.35. The van der Waals surface area contributed by atoms with E-state index >= 15 is 0 Å². The molecule has 9 rings (SSSR count). The van der Waals surface area contributed by atoms with E-state index in [0.29, 0.717) is 11.8 Å². The van der Waals surface area contributed by atoms with E-state index in [1.807, 2.05) is 6.07 Å². The fraction of sp³-hybridized carbons (Fsp3) is 0.143. The van der Waals surface area contributed by atoms with Gasteiger partial charge in [0.05, 0.1) is 28.3 Å². The maximum Gasteiger partial charge on any atom is 0.236 e. The Balaban J connectivity index is 1.36. The number of hydrogen-bond donors (Lipinski definition) is 0. The van der Waals surface area contributed by atoms with Crippen molar-refractivity contribution in [2.75, 3.05) is 0 Å². The molecule has 4 heterocycles. The van der Waals surface area contributed by atoms with Gasteiger partial charge in [0.25, 0.3) is 0 Å². The lowest BCUT2D eigenvalue weighted by Crippen LogP contribution is -2.35. The van der Waals surface area contributed by atoms with Gasteiger partial charge in [-0.1, -0.05) is 110 Å². The molecule has 0 spiro atoms. The molecule has 1 aliphatic carbocycles. The lowest BCUT2D eigenvalue weighted by molar-refractivity contribution is 0.549. The molecule has 0 radical (unpaired) electrons. The van der Waals surface area contributed by atoms with Crippen LogP contribution in [-0.4, -0.2) is 36.7 Å². The first-order chi connectivity index (χ1) is 23.8. The lowest BCUT2D eigenvalue weighted by atomic mass is 9.81. The topological polar surface area (TPSA) is 60.4 Å². The number of aliphatic imine (C=N–C) groups is 2. The minimum atomic E-state index is -0.0375. The summed E-state index contributed by atoms with van der Waals surface area (Å²) in [7, 11) is 0. The highest BCUT2D eigenvalue weighted by atomic mass is 15.2. The molecule has 232 valence electrons. The minimum Gasteiger partial charge on any atom is -0.313 e. The van der Waals surface area contributed by atoms with Gasteiger partial charge in [0.2, 0.25) is 5.95 Å². The van der Waals surface area contributed by atoms with E-state index in [1.54, 1.807) is 0 Å². The van der Waals surface area contributed by atoms with Crippen LogP contribution < -0.4 is 0 Å². The van der Waals surface area contributed by atoms with Gasteiger partial charge in [0.15, 0.2) is 5.84 Å². The quantitative estimate of drug-likeness (QED) is 0.186. The Kier molecular flexibility index (Phi) is 6.93. The molecule has 2 aliphatic rings. The number of hydrogen-bond acceptors (Lipinski definition) is 4. The second kappa shape index (κ2) is 11.7. The van der Waals surface area contributed by atoms with Gasteiger partial charge in [-0.25, -0.2) is 15.0 Å². The third-order valence-electron chi connectivity index (χ3n) is 9.70. The van der Waals surface area contributed by atoms with Crippen molar-refractivity contribution in [1.29, 1.82) is 0 Å². The van der Waals surface area contributed by atoms with Crippen LogP contribution in [0, 0.1) is 5.92 Å². The fourth-order valence-corrected chi connectivity index (χ4v) is 7.46. The van der Waals surface area contributed by atoms with Gasteiger partial charge < -0.3 is 4.57 Å². The van der Waals surface area contributed by atoms with Gasteiger partial charge in [-0.15, -0.1) is 0 Å². The van der Waals surface area contributed by atoms with Crippen molar-refractivity contribution in [2.24, 2.45) is 15.9 Å². The van der Waals surface area contributed by atoms with Gasteiger partial charge in [-0.2, -0.15) is 0 Å². The maximum atomic E-state index is 5.53. The van der Waals surface area contributed by atoms with Crippen molar-refractivity contribution in [3.05, 3.63) is 157 Å². The molecule has 7 aromatic rings. The minimum absolute atomic E-state index is 0.0375. The van der Waals surface area contributed by atoms with Crippen molar-refractivity contribution < 1.29 is 0 Å². The average molecular weight is 623 g/mol. The van der Waals surface area contributed by atoms with E-state index < -0.39 is 0 Å². The predicted octanol–water partition coefficient (Wildman–Crippen LogP) is 9.44. The van der Waals surface area contributed by atoms with E-state index in [2.05, 4.69) is 150 Å². The van der Waals surface area contributed by atoms with Crippen LogP contribution in [0.2, 0.25) is 0 Å². The number of aromatic nitrogens is 4. The molecule has 48 heavy (non-hydrogen) atoms. The van der Waals surface area contributed by atoms with Crippen molar-refractivity contribution >= 4 is 44.4 Å². The van der Waals surface area contributed by atoms with E-state index in [-0.39, 0.29) is 12.0 Å². The molecule has 0 N–H and O–H groups in total. The Morgan fingerprint density at radius 3 is 2.12 bits per heavy atom. The summed E-state index contributed by atoms with van der Waals surface area (Å²) >= 11 is 0. The Bertz CT molecular complexity index is 2390. The maximum absolute atomic E-state index is 5.53. The fourth-order valence-electron chi connectivity index (χ4n) is 7.46. The summed E-state index contributed by atoms with van der Waals surface area (Å²) in [4.78, 5) is 21.7. The molecule has 6 nitrogen and oxygen atoms in total. The first kappa shape index (κ1) is 28.4. The molecular formula is C42H34N6. The van der Waals surface area contributed by atoms with Crippen molar-refractivity contribution in [3.8, 4) is 11.6 Å². The molecule has 3 aromatic heterocycles. The molecular weight excluding hydrogens is 589 g/mol. The number of amidine groups is 1. The molecule has 2 atom stereocenters. The molecule has 0 saturated carbocycles. The van der Waals surface area contributed by atoms with E-state index in [0.717, 1.165) is 64.0 Å². The van der Waals surface area contributed by atoms with Crippen LogP contribution in [0.1, 0.15) is 37.4 Å². The third-order valence-corrected chi connectivity index (χ3v) is 9.70. The van der Waals surface area contributed by atoms with Gasteiger partial charge in [0.1, 0.15) is 11.2 Å². The average Bonchev–Trinajstić information content (AvgIpc) is 3.74. The van der Waals surface area contributed by atoms with Gasteiger partial charge in [0, 0.05) is 28.6 Å². The van der Waals surface area contributed by atoms with Crippen LogP contribution in [0.15, 0.2) is 155 Å². The molecule has 0 fully saturated rings. The lowest BCUT2D eigenvalue weighted by Gasteiger charge is -2.31. The number of fused-ring (bicyclic) bond motifs is 4. The predicted molar refractivity (Wildman–Crippen MR) is 197 cm³/mol. The van der Waals surface area contributed by atoms with E-state index in [9.17, 15) is 0 Å². The highest BCUT2D eigenvalue weighted by molar-refractivity contribution is 6.18. The van der Waals surface area contributed by atoms with Crippen LogP contribution in [0.3, 0.4) is 0 Å². The largest absolute Gasteiger partial charge is 0.313 e. The number of benzene rings is 4. The Morgan fingerprint density at radius 2 is 1.44 bits per heavy atom. The van der Waals surface area contributed by atoms with Crippen LogP contribution in [0.5, 0.6) is 0 Å². The van der Waals surface area contributed by atoms with Crippen LogP contribution in [0.25, 0.3) is 44.5 Å². The molecule has 0 amide bonds. The van der Waals surface area contributed by atoms with Crippen LogP contribution in [0.4, 0.5) is 0 Å². The van der Waals surface area contributed by atoms with E-state index in [1.165, 1.54) is 16.3 Å².